The van der Waals surface area contributed by atoms with E-state index in [-0.39, 0.29) is 0 Å². The molecule has 0 aliphatic carbocycles. The van der Waals surface area contributed by atoms with Gasteiger partial charge in [-0.3, -0.25) is 14.9 Å². The number of nitrogens with zero attached hydrogens (tertiary/aromatic N) is 1. The molecular weight excluding hydrogens is 357 g/mol. The maximum absolute atomic E-state index is 14.4. The summed E-state index contributed by atoms with van der Waals surface area (Å²) in [5.74, 6) is -8.10. The molecule has 0 aliphatic rings. The Labute approximate surface area is 147 Å². The molecule has 26 heavy (non-hydrogen) atoms. The van der Waals surface area contributed by atoms with Gasteiger partial charge in [-0.05, 0) is 13.3 Å². The third kappa shape index (κ3) is 4.19. The number of ketones is 1. The van der Waals surface area contributed by atoms with Gasteiger partial charge in [0.05, 0.1) is 12.0 Å². The number of methoxy groups -OCH3 is 1. The Kier molecular flexibility index (Phi) is 7.29. The fourth-order valence-corrected chi connectivity index (χ4v) is 2.06. The first kappa shape index (κ1) is 21.1. The molecule has 1 N–H and O–H groups in total. The molecule has 0 saturated carbocycles. The van der Waals surface area contributed by atoms with Crippen LogP contribution < -0.4 is 5.32 Å². The van der Waals surface area contributed by atoms with Crippen LogP contribution in [0.25, 0.3) is 0 Å². The minimum atomic E-state index is -1.99. The molecule has 0 saturated heterocycles. The van der Waals surface area contributed by atoms with Crippen molar-refractivity contribution >= 4 is 17.4 Å². The highest BCUT2D eigenvalue weighted by Gasteiger charge is 2.37. The van der Waals surface area contributed by atoms with E-state index in [2.05, 4.69) is 10.1 Å². The number of nitro benzene ring substituents is 1. The van der Waals surface area contributed by atoms with Gasteiger partial charge in [0, 0.05) is 18.3 Å². The number of nitro groups is 1. The first-order valence-corrected chi connectivity index (χ1v) is 7.56. The van der Waals surface area contributed by atoms with E-state index in [0.717, 1.165) is 26.7 Å². The second-order valence-corrected chi connectivity index (χ2v) is 5.23. The van der Waals surface area contributed by atoms with E-state index in [9.17, 15) is 32.9 Å². The molecule has 0 atom stereocenters. The van der Waals surface area contributed by atoms with Gasteiger partial charge >= 0.3 is 11.7 Å². The van der Waals surface area contributed by atoms with Crippen LogP contribution in [0.3, 0.4) is 0 Å². The summed E-state index contributed by atoms with van der Waals surface area (Å²) >= 11 is 0. The van der Waals surface area contributed by atoms with Gasteiger partial charge in [0.2, 0.25) is 11.6 Å². The number of ether oxygens (including phenoxy) is 1. The van der Waals surface area contributed by atoms with Crippen molar-refractivity contribution in [2.24, 2.45) is 0 Å². The molecule has 0 aromatic heterocycles. The van der Waals surface area contributed by atoms with Crippen molar-refractivity contribution < 1.29 is 32.4 Å². The molecule has 0 aliphatic heterocycles. The van der Waals surface area contributed by atoms with E-state index in [0.29, 0.717) is 13.0 Å². The topological polar surface area (TPSA) is 98.5 Å². The van der Waals surface area contributed by atoms with Crippen LogP contribution in [0.1, 0.15) is 35.7 Å². The molecule has 10 heteroatoms. The molecular formula is C16H17F3N2O5. The van der Waals surface area contributed by atoms with Crippen LogP contribution in [-0.2, 0) is 9.53 Å². The molecule has 0 fully saturated rings. The quantitative estimate of drug-likeness (QED) is 0.0865. The summed E-state index contributed by atoms with van der Waals surface area (Å²) in [7, 11) is 0.941. The number of nitrogens with one attached hydrogen (secondary N) is 1. The fourth-order valence-electron chi connectivity index (χ4n) is 2.06. The van der Waals surface area contributed by atoms with Crippen LogP contribution in [0.5, 0.6) is 0 Å². The van der Waals surface area contributed by atoms with Gasteiger partial charge in [0.1, 0.15) is 17.0 Å². The summed E-state index contributed by atoms with van der Waals surface area (Å²) < 4.78 is 46.3. The number of carbonyl (C=O) groups is 2. The Morgan fingerprint density at radius 3 is 2.35 bits per heavy atom. The summed E-state index contributed by atoms with van der Waals surface area (Å²) in [6.45, 7) is 3.06. The molecule has 1 aromatic carbocycles. The fraction of sp³-hybridized carbons (Fsp3) is 0.375. The van der Waals surface area contributed by atoms with E-state index in [4.69, 9.17) is 0 Å². The molecule has 0 spiro atoms. The summed E-state index contributed by atoms with van der Waals surface area (Å²) in [5.41, 5.74) is -4.73. The average Bonchev–Trinajstić information content (AvgIpc) is 2.61. The van der Waals surface area contributed by atoms with E-state index in [1.54, 1.807) is 0 Å². The summed E-state index contributed by atoms with van der Waals surface area (Å²) in [6.07, 6.45) is 2.38. The first-order valence-electron chi connectivity index (χ1n) is 7.56. The van der Waals surface area contributed by atoms with Crippen molar-refractivity contribution in [2.45, 2.75) is 26.7 Å². The number of carbonyl (C=O) groups excluding carboxylic acids is 2. The third-order valence-corrected chi connectivity index (χ3v) is 3.50. The number of rotatable bonds is 8. The summed E-state index contributed by atoms with van der Waals surface area (Å²) in [6, 6.07) is 0. The number of benzene rings is 1. The maximum Gasteiger partial charge on any atom is 0.343 e. The highest BCUT2D eigenvalue weighted by Crippen LogP contribution is 2.32. The molecule has 0 unspecified atom stereocenters. The zero-order valence-electron chi connectivity index (χ0n) is 14.3. The van der Waals surface area contributed by atoms with Crippen molar-refractivity contribution in [3.05, 3.63) is 50.5 Å². The van der Waals surface area contributed by atoms with Gasteiger partial charge in [-0.15, -0.1) is 0 Å². The van der Waals surface area contributed by atoms with E-state index in [1.807, 2.05) is 6.92 Å². The molecule has 1 aromatic rings. The van der Waals surface area contributed by atoms with Crippen LogP contribution in [0.15, 0.2) is 11.8 Å². The van der Waals surface area contributed by atoms with Crippen molar-refractivity contribution in [3.63, 3.8) is 0 Å². The normalized spacial score (nSPS) is 11.2. The second kappa shape index (κ2) is 8.97. The minimum absolute atomic E-state index is 0.353. The van der Waals surface area contributed by atoms with Gasteiger partial charge in [0.25, 0.3) is 0 Å². The van der Waals surface area contributed by atoms with E-state index >= 15 is 0 Å². The van der Waals surface area contributed by atoms with Gasteiger partial charge in [0.15, 0.2) is 5.82 Å². The van der Waals surface area contributed by atoms with E-state index in [1.165, 1.54) is 0 Å². The standard InChI is InChI=1S/C16H17F3N2O5/c1-4-5-6-20-7-9(16(23)26-3)15(22)10-11(17)8(2)12(18)13(19)14(10)21(24)25/h7,20H,4-6H2,1-3H3. The molecule has 0 radical (unpaired) electrons. The van der Waals surface area contributed by atoms with Crippen molar-refractivity contribution in [2.75, 3.05) is 13.7 Å². The smallest absolute Gasteiger partial charge is 0.343 e. The second-order valence-electron chi connectivity index (χ2n) is 5.23. The van der Waals surface area contributed by atoms with E-state index < -0.39 is 56.5 Å². The Bertz CT molecular complexity index is 778. The molecule has 0 bridgehead atoms. The third-order valence-electron chi connectivity index (χ3n) is 3.50. The van der Waals surface area contributed by atoms with Gasteiger partial charge in [-0.2, -0.15) is 4.39 Å². The monoisotopic (exact) mass is 374 g/mol. The molecule has 0 heterocycles. The number of esters is 1. The Morgan fingerprint density at radius 1 is 1.23 bits per heavy atom. The predicted molar refractivity (Wildman–Crippen MR) is 85.0 cm³/mol. The van der Waals surface area contributed by atoms with Crippen LogP contribution in [0.4, 0.5) is 18.9 Å². The number of halogens is 3. The highest BCUT2D eigenvalue weighted by atomic mass is 19.2. The van der Waals surface area contributed by atoms with Gasteiger partial charge < -0.3 is 10.1 Å². The Hall–Kier alpha value is -2.91. The Morgan fingerprint density at radius 2 is 1.85 bits per heavy atom. The lowest BCUT2D eigenvalue weighted by Gasteiger charge is -2.10. The first-order chi connectivity index (χ1) is 12.2. The van der Waals surface area contributed by atoms with Crippen molar-refractivity contribution in [1.29, 1.82) is 0 Å². The minimum Gasteiger partial charge on any atom is -0.465 e. The molecule has 0 amide bonds. The lowest BCUT2D eigenvalue weighted by Crippen LogP contribution is -2.22. The summed E-state index contributed by atoms with van der Waals surface area (Å²) in [4.78, 5) is 34.0. The number of hydrogen-bond donors (Lipinski definition) is 1. The summed E-state index contributed by atoms with van der Waals surface area (Å²) in [5, 5.41) is 13.7. The lowest BCUT2D eigenvalue weighted by molar-refractivity contribution is -0.388. The molecule has 142 valence electrons. The van der Waals surface area contributed by atoms with Crippen molar-refractivity contribution in [1.82, 2.24) is 5.32 Å². The molecule has 7 nitrogen and oxygen atoms in total. The van der Waals surface area contributed by atoms with Crippen LogP contribution >= 0.6 is 0 Å². The van der Waals surface area contributed by atoms with Gasteiger partial charge in [-0.1, -0.05) is 13.3 Å². The Balaban J connectivity index is 3.57. The van der Waals surface area contributed by atoms with Crippen LogP contribution in [-0.4, -0.2) is 30.3 Å². The lowest BCUT2D eigenvalue weighted by atomic mass is 9.98. The largest absolute Gasteiger partial charge is 0.465 e. The maximum atomic E-state index is 14.4. The highest BCUT2D eigenvalue weighted by molar-refractivity contribution is 6.25. The average molecular weight is 374 g/mol. The SMILES string of the molecule is CCCCNC=C(C(=O)OC)C(=O)c1c(F)c(C)c(F)c(F)c1[N+](=O)[O-]. The number of unbranched alkanes of at least 4 members (excludes halogenated alkanes) is 1. The number of hydrogen-bond acceptors (Lipinski definition) is 6. The van der Waals surface area contributed by atoms with Crippen molar-refractivity contribution in [3.8, 4) is 0 Å². The van der Waals surface area contributed by atoms with Crippen LogP contribution in [0, 0.1) is 34.5 Å². The number of Topliss-reactive ketones (excluding diaryl/α,β-unsaturated/α-hetero) is 1. The van der Waals surface area contributed by atoms with Crippen LogP contribution in [0.2, 0.25) is 0 Å². The predicted octanol–water partition coefficient (Wildman–Crippen LogP) is 2.95. The zero-order chi connectivity index (χ0) is 20.0. The molecule has 1 rings (SSSR count). The zero-order valence-corrected chi connectivity index (χ0v) is 14.3. The van der Waals surface area contributed by atoms with Gasteiger partial charge in [-0.25, -0.2) is 13.6 Å².